The summed E-state index contributed by atoms with van der Waals surface area (Å²) in [6.07, 6.45) is -4.88. The zero-order valence-electron chi connectivity index (χ0n) is 38.6. The topological polar surface area (TPSA) is 147 Å². The average molecular weight is 905 g/mol. The number of carbonyl (C=O) groups is 3. The first-order valence-corrected chi connectivity index (χ1v) is 22.7. The Morgan fingerprint density at radius 1 is 1.09 bits per heavy atom. The molecule has 4 aromatic rings. The van der Waals surface area contributed by atoms with Crippen molar-refractivity contribution in [2.75, 3.05) is 33.9 Å². The van der Waals surface area contributed by atoms with Crippen molar-refractivity contribution in [3.8, 4) is 28.1 Å². The van der Waals surface area contributed by atoms with E-state index in [9.17, 15) is 32.7 Å². The number of ether oxygens (including phenoxy) is 3. The zero-order chi connectivity index (χ0) is 47.0. The molecule has 2 amide bonds. The molecule has 3 unspecified atom stereocenters. The number of benzene rings is 2. The monoisotopic (exact) mass is 904 g/mol. The standard InChI is InChI=1S/C49H63F3N6O7/c1-9-58-39-15-14-31-24-36(39)37(44(58)35-12-10-18-53-42(35)29(4)63-8)25-48(5,6)27-64-47(62)38-13-11-19-57(55-38)26-33(21-30-20-32(31)23-34(59)22-30)54-45(60)43(28(2)3)56(7)46(61)40-16-17-41(65-40)49(50,51)52/h10,12,14-15,18,20,22-24,28-29,33,38,40-41,43,55,59H,9,11,13,16-17,19,21,25-27H2,1-8H3,(H,54,60)/t29-,33-,38-,40?,41?,43-/m0/s1. The fourth-order valence-electron chi connectivity index (χ4n) is 9.83. The fourth-order valence-corrected chi connectivity index (χ4v) is 9.83. The number of hydrogen-bond donors (Lipinski definition) is 3. The Morgan fingerprint density at radius 2 is 1.86 bits per heavy atom. The lowest BCUT2D eigenvalue weighted by molar-refractivity contribution is -0.216. The third-order valence-corrected chi connectivity index (χ3v) is 13.0. The number of likely N-dealkylation sites (N-methyl/N-ethyl adjacent to an activating group) is 1. The third kappa shape index (κ3) is 10.5. The zero-order valence-corrected chi connectivity index (χ0v) is 38.6. The van der Waals surface area contributed by atoms with Crippen LogP contribution in [0.1, 0.15) is 90.2 Å². The van der Waals surface area contributed by atoms with Gasteiger partial charge in [-0.1, -0.05) is 39.8 Å². The van der Waals surface area contributed by atoms with Gasteiger partial charge < -0.3 is 34.1 Å². The molecule has 3 aliphatic heterocycles. The minimum Gasteiger partial charge on any atom is -0.508 e. The molecule has 7 atom stereocenters. The maximum Gasteiger partial charge on any atom is 0.414 e. The number of esters is 1. The summed E-state index contributed by atoms with van der Waals surface area (Å²) in [5.74, 6) is -1.94. The number of carbonyl (C=O) groups excluding carboxylic acids is 3. The van der Waals surface area contributed by atoms with E-state index in [0.29, 0.717) is 32.4 Å². The number of alkyl halides is 3. The van der Waals surface area contributed by atoms with Crippen molar-refractivity contribution in [3.05, 3.63) is 71.5 Å². The second-order valence-corrected chi connectivity index (χ2v) is 19.0. The number of nitrogens with zero attached hydrogens (tertiary/aromatic N) is 4. The number of hydrogen-bond acceptors (Lipinski definition) is 10. The van der Waals surface area contributed by atoms with Gasteiger partial charge in [-0.05, 0) is 117 Å². The maximum atomic E-state index is 14.4. The van der Waals surface area contributed by atoms with E-state index in [1.807, 2.05) is 30.1 Å². The molecule has 6 bridgehead atoms. The van der Waals surface area contributed by atoms with Crippen molar-refractivity contribution >= 4 is 28.7 Å². The first kappa shape index (κ1) is 47.9. The molecule has 7 rings (SSSR count). The molecule has 352 valence electrons. The van der Waals surface area contributed by atoms with E-state index >= 15 is 0 Å². The molecule has 5 heterocycles. The van der Waals surface area contributed by atoms with Gasteiger partial charge in [0.05, 0.1) is 24.1 Å². The first-order chi connectivity index (χ1) is 30.8. The summed E-state index contributed by atoms with van der Waals surface area (Å²) in [4.78, 5) is 47.8. The molecule has 65 heavy (non-hydrogen) atoms. The van der Waals surface area contributed by atoms with Gasteiger partial charge in [0, 0.05) is 67.9 Å². The number of fused-ring (bicyclic) bond motifs is 6. The summed E-state index contributed by atoms with van der Waals surface area (Å²) in [7, 11) is 3.08. The van der Waals surface area contributed by atoms with E-state index in [-0.39, 0.29) is 50.2 Å². The van der Waals surface area contributed by atoms with Gasteiger partial charge >= 0.3 is 12.1 Å². The number of aromatic nitrogens is 2. The quantitative estimate of drug-likeness (QED) is 0.144. The smallest absolute Gasteiger partial charge is 0.414 e. The highest BCUT2D eigenvalue weighted by Crippen LogP contribution is 2.42. The Bertz CT molecular complexity index is 2380. The summed E-state index contributed by atoms with van der Waals surface area (Å²) in [5.41, 5.74) is 10.0. The molecule has 0 aliphatic carbocycles. The van der Waals surface area contributed by atoms with Gasteiger partial charge in [-0.15, -0.1) is 0 Å². The van der Waals surface area contributed by atoms with Crippen LogP contribution in [0.15, 0.2) is 54.7 Å². The number of phenols is 1. The van der Waals surface area contributed by atoms with Crippen LogP contribution in [0.3, 0.4) is 0 Å². The Labute approximate surface area is 379 Å². The Kier molecular flexibility index (Phi) is 14.3. The van der Waals surface area contributed by atoms with Crippen LogP contribution in [0.4, 0.5) is 13.2 Å². The molecule has 16 heteroatoms. The number of methoxy groups -OCH3 is 1. The highest BCUT2D eigenvalue weighted by atomic mass is 19.4. The van der Waals surface area contributed by atoms with Gasteiger partial charge in [0.25, 0.3) is 5.91 Å². The summed E-state index contributed by atoms with van der Waals surface area (Å²) < 4.78 is 59.7. The number of phenolic OH excluding ortho intramolecular Hbond substituents is 1. The van der Waals surface area contributed by atoms with E-state index in [1.54, 1.807) is 39.3 Å². The van der Waals surface area contributed by atoms with Gasteiger partial charge in [-0.2, -0.15) is 13.2 Å². The number of aromatic hydroxyl groups is 1. The molecule has 2 fully saturated rings. The first-order valence-electron chi connectivity index (χ1n) is 22.7. The number of amides is 2. The van der Waals surface area contributed by atoms with Gasteiger partial charge in [-0.3, -0.25) is 19.4 Å². The van der Waals surface area contributed by atoms with Crippen molar-refractivity contribution in [2.24, 2.45) is 11.3 Å². The summed E-state index contributed by atoms with van der Waals surface area (Å²) in [5, 5.41) is 17.3. The SMILES string of the molecule is CCn1c(-c2cccnc2[C@H](C)OC)c2c3cc(ccc31)-c1cc(O)cc(c1)C[C@H](NC(=O)[C@H](C(C)C)N(C)C(=O)C1CCC(C(F)(F)F)O1)CN1CCC[C@H](N1)C(=O)OCC(C)(C)C2. The van der Waals surface area contributed by atoms with Crippen molar-refractivity contribution in [3.63, 3.8) is 0 Å². The predicted octanol–water partition coefficient (Wildman–Crippen LogP) is 7.52. The Morgan fingerprint density at radius 3 is 2.55 bits per heavy atom. The number of pyridine rings is 1. The van der Waals surface area contributed by atoms with Crippen LogP contribution in [0.2, 0.25) is 0 Å². The lowest BCUT2D eigenvalue weighted by Crippen LogP contribution is -2.59. The molecular formula is C49H63F3N6O7. The van der Waals surface area contributed by atoms with E-state index < -0.39 is 59.7 Å². The van der Waals surface area contributed by atoms with Gasteiger partial charge in [0.15, 0.2) is 6.10 Å². The number of halogens is 3. The van der Waals surface area contributed by atoms with Crippen LogP contribution in [0.25, 0.3) is 33.3 Å². The van der Waals surface area contributed by atoms with Crippen molar-refractivity contribution in [1.82, 2.24) is 30.2 Å². The van der Waals surface area contributed by atoms with Crippen LogP contribution in [0, 0.1) is 11.3 Å². The summed E-state index contributed by atoms with van der Waals surface area (Å²) in [6.45, 7) is 13.4. The van der Waals surface area contributed by atoms with E-state index in [0.717, 1.165) is 50.1 Å². The Hall–Kier alpha value is -5.03. The summed E-state index contributed by atoms with van der Waals surface area (Å²) in [6, 6.07) is 13.4. The minimum atomic E-state index is -4.60. The number of aryl methyl sites for hydroxylation is 1. The van der Waals surface area contributed by atoms with E-state index in [2.05, 4.69) is 54.3 Å². The molecule has 3 N–H and O–H groups in total. The van der Waals surface area contributed by atoms with Crippen molar-refractivity contribution < 1.29 is 46.9 Å². The van der Waals surface area contributed by atoms with Crippen molar-refractivity contribution in [2.45, 2.75) is 129 Å². The second kappa shape index (κ2) is 19.4. The molecule has 0 spiro atoms. The largest absolute Gasteiger partial charge is 0.508 e. The molecule has 0 radical (unpaired) electrons. The van der Waals surface area contributed by atoms with Crippen LogP contribution < -0.4 is 10.7 Å². The van der Waals surface area contributed by atoms with Crippen LogP contribution in [-0.4, -0.2) is 113 Å². The number of cyclic esters (lactones) is 1. The van der Waals surface area contributed by atoms with E-state index in [4.69, 9.17) is 19.2 Å². The maximum absolute atomic E-state index is 14.4. The number of hydrazine groups is 1. The second-order valence-electron chi connectivity index (χ2n) is 19.0. The van der Waals surface area contributed by atoms with Crippen LogP contribution in [0.5, 0.6) is 5.75 Å². The number of rotatable bonds is 9. The lowest BCUT2D eigenvalue weighted by Gasteiger charge is -2.37. The normalized spacial score (nSPS) is 23.7. The third-order valence-electron chi connectivity index (χ3n) is 13.0. The van der Waals surface area contributed by atoms with Gasteiger partial charge in [0.1, 0.15) is 23.9 Å². The summed E-state index contributed by atoms with van der Waals surface area (Å²) >= 11 is 0. The van der Waals surface area contributed by atoms with Crippen LogP contribution in [-0.2, 0) is 48.0 Å². The Balaban J connectivity index is 1.29. The van der Waals surface area contributed by atoms with Gasteiger partial charge in [-0.25, -0.2) is 10.4 Å². The molecule has 2 saturated heterocycles. The van der Waals surface area contributed by atoms with Crippen LogP contribution >= 0.6 is 0 Å². The fraction of sp³-hybridized carbons (Fsp3) is 0.551. The molecule has 0 saturated carbocycles. The highest BCUT2D eigenvalue weighted by molar-refractivity contribution is 5.95. The van der Waals surface area contributed by atoms with Crippen molar-refractivity contribution in [1.29, 1.82) is 0 Å². The minimum absolute atomic E-state index is 0.0387. The number of nitrogens with one attached hydrogen (secondary N) is 2. The predicted molar refractivity (Wildman–Crippen MR) is 241 cm³/mol. The molecule has 2 aromatic carbocycles. The average Bonchev–Trinajstić information content (AvgIpc) is 3.88. The van der Waals surface area contributed by atoms with Gasteiger partial charge in [0.2, 0.25) is 5.91 Å². The van der Waals surface area contributed by atoms with E-state index in [1.165, 1.54) is 11.9 Å². The lowest BCUT2D eigenvalue weighted by atomic mass is 9.84. The molecule has 2 aromatic heterocycles. The highest BCUT2D eigenvalue weighted by Gasteiger charge is 2.48. The molecular weight excluding hydrogens is 842 g/mol. The molecule has 13 nitrogen and oxygen atoms in total. The molecule has 3 aliphatic rings.